The van der Waals surface area contributed by atoms with Gasteiger partial charge in [-0.25, -0.2) is 0 Å². The van der Waals surface area contributed by atoms with Crippen molar-refractivity contribution in [2.24, 2.45) is 0 Å². The number of carbonyl (C=O) groups is 2. The Hall–Kier alpha value is -1.40. The van der Waals surface area contributed by atoms with Gasteiger partial charge in [-0.05, 0) is 24.8 Å². The maximum Gasteiger partial charge on any atom is 0.264 e. The first-order chi connectivity index (χ1) is 10.1. The van der Waals surface area contributed by atoms with Crippen LogP contribution in [-0.2, 0) is 4.79 Å². The SMILES string of the molecule is CCCNC(=O)C(C)N1CCN(C(=O)c2cccs2)CC1. The summed E-state index contributed by atoms with van der Waals surface area (Å²) in [6.45, 7) is 7.56. The summed E-state index contributed by atoms with van der Waals surface area (Å²) in [5, 5.41) is 4.85. The molecule has 2 heterocycles. The average Bonchev–Trinajstić information content (AvgIpc) is 3.05. The molecule has 1 N–H and O–H groups in total. The predicted octanol–water partition coefficient (Wildman–Crippen LogP) is 1.42. The van der Waals surface area contributed by atoms with Crippen molar-refractivity contribution in [2.75, 3.05) is 32.7 Å². The molecule has 0 saturated carbocycles. The zero-order chi connectivity index (χ0) is 15.2. The summed E-state index contributed by atoms with van der Waals surface area (Å²) in [6.07, 6.45) is 0.946. The molecule has 0 spiro atoms. The Morgan fingerprint density at radius 1 is 1.33 bits per heavy atom. The fourth-order valence-electron chi connectivity index (χ4n) is 2.43. The topological polar surface area (TPSA) is 52.7 Å². The molecule has 1 atom stereocenters. The molecule has 2 rings (SSSR count). The van der Waals surface area contributed by atoms with Gasteiger partial charge in [0.2, 0.25) is 5.91 Å². The van der Waals surface area contributed by atoms with Crippen molar-refractivity contribution >= 4 is 23.2 Å². The number of nitrogens with zero attached hydrogens (tertiary/aromatic N) is 2. The zero-order valence-corrected chi connectivity index (χ0v) is 13.5. The first kappa shape index (κ1) is 16.0. The van der Waals surface area contributed by atoms with Gasteiger partial charge in [-0.1, -0.05) is 13.0 Å². The van der Waals surface area contributed by atoms with E-state index < -0.39 is 0 Å². The molecule has 116 valence electrons. The van der Waals surface area contributed by atoms with Crippen LogP contribution in [0.2, 0.25) is 0 Å². The van der Waals surface area contributed by atoms with E-state index in [1.165, 1.54) is 11.3 Å². The highest BCUT2D eigenvalue weighted by Crippen LogP contribution is 2.14. The van der Waals surface area contributed by atoms with Crippen molar-refractivity contribution < 1.29 is 9.59 Å². The molecular weight excluding hydrogens is 286 g/mol. The Morgan fingerprint density at radius 3 is 2.62 bits per heavy atom. The smallest absolute Gasteiger partial charge is 0.264 e. The van der Waals surface area contributed by atoms with Crippen LogP contribution in [0, 0.1) is 0 Å². The van der Waals surface area contributed by atoms with Crippen LogP contribution in [0.3, 0.4) is 0 Å². The minimum Gasteiger partial charge on any atom is -0.355 e. The standard InChI is InChI=1S/C15H23N3O2S/c1-3-6-16-14(19)12(2)17-7-9-18(10-8-17)15(20)13-5-4-11-21-13/h4-5,11-12H,3,6-10H2,1-2H3,(H,16,19). The molecule has 0 aliphatic carbocycles. The molecule has 1 aromatic heterocycles. The van der Waals surface area contributed by atoms with Crippen molar-refractivity contribution in [3.8, 4) is 0 Å². The summed E-state index contributed by atoms with van der Waals surface area (Å²) < 4.78 is 0. The molecule has 0 radical (unpaired) electrons. The number of rotatable bonds is 5. The second kappa shape index (κ2) is 7.56. The lowest BCUT2D eigenvalue weighted by Crippen LogP contribution is -2.54. The third-order valence-electron chi connectivity index (χ3n) is 3.81. The molecule has 1 aliphatic rings. The van der Waals surface area contributed by atoms with E-state index in [-0.39, 0.29) is 17.9 Å². The highest BCUT2D eigenvalue weighted by molar-refractivity contribution is 7.12. The predicted molar refractivity (Wildman–Crippen MR) is 84.6 cm³/mol. The maximum absolute atomic E-state index is 12.3. The third-order valence-corrected chi connectivity index (χ3v) is 4.67. The quantitative estimate of drug-likeness (QED) is 0.895. The van der Waals surface area contributed by atoms with E-state index in [0.717, 1.165) is 30.9 Å². The monoisotopic (exact) mass is 309 g/mol. The summed E-state index contributed by atoms with van der Waals surface area (Å²) in [7, 11) is 0. The molecule has 6 heteroatoms. The Morgan fingerprint density at radius 2 is 2.05 bits per heavy atom. The number of thiophene rings is 1. The average molecular weight is 309 g/mol. The molecule has 1 unspecified atom stereocenters. The largest absolute Gasteiger partial charge is 0.355 e. The summed E-state index contributed by atoms with van der Waals surface area (Å²) in [6, 6.07) is 3.63. The van der Waals surface area contributed by atoms with Gasteiger partial charge in [-0.3, -0.25) is 14.5 Å². The summed E-state index contributed by atoms with van der Waals surface area (Å²) in [4.78, 5) is 29.0. The van der Waals surface area contributed by atoms with E-state index in [1.807, 2.05) is 36.3 Å². The van der Waals surface area contributed by atoms with Crippen LogP contribution < -0.4 is 5.32 Å². The Balaban J connectivity index is 1.82. The van der Waals surface area contributed by atoms with Crippen LogP contribution >= 0.6 is 11.3 Å². The zero-order valence-electron chi connectivity index (χ0n) is 12.7. The van der Waals surface area contributed by atoms with Gasteiger partial charge < -0.3 is 10.2 Å². The van der Waals surface area contributed by atoms with Gasteiger partial charge >= 0.3 is 0 Å². The molecular formula is C15H23N3O2S. The van der Waals surface area contributed by atoms with Crippen LogP contribution in [0.15, 0.2) is 17.5 Å². The highest BCUT2D eigenvalue weighted by Gasteiger charge is 2.27. The number of amides is 2. The van der Waals surface area contributed by atoms with Gasteiger partial charge in [0.15, 0.2) is 0 Å². The van der Waals surface area contributed by atoms with Crippen LogP contribution in [-0.4, -0.2) is 60.4 Å². The molecule has 0 bridgehead atoms. The molecule has 1 aromatic rings. The lowest BCUT2D eigenvalue weighted by molar-refractivity contribution is -0.126. The first-order valence-electron chi connectivity index (χ1n) is 7.48. The lowest BCUT2D eigenvalue weighted by Gasteiger charge is -2.37. The van der Waals surface area contributed by atoms with Crippen molar-refractivity contribution in [3.05, 3.63) is 22.4 Å². The van der Waals surface area contributed by atoms with Crippen LogP contribution in [0.4, 0.5) is 0 Å². The Kier molecular flexibility index (Phi) is 5.76. The number of hydrogen-bond acceptors (Lipinski definition) is 4. The van der Waals surface area contributed by atoms with Crippen LogP contribution in [0.25, 0.3) is 0 Å². The third kappa shape index (κ3) is 4.04. The second-order valence-electron chi connectivity index (χ2n) is 5.27. The summed E-state index contributed by atoms with van der Waals surface area (Å²) in [5.74, 6) is 0.183. The van der Waals surface area contributed by atoms with Gasteiger partial charge in [0.1, 0.15) is 0 Å². The number of piperazine rings is 1. The number of nitrogens with one attached hydrogen (secondary N) is 1. The molecule has 1 saturated heterocycles. The highest BCUT2D eigenvalue weighted by atomic mass is 32.1. The normalized spacial score (nSPS) is 17.5. The van der Waals surface area contributed by atoms with E-state index in [4.69, 9.17) is 0 Å². The fourth-order valence-corrected chi connectivity index (χ4v) is 3.12. The van der Waals surface area contributed by atoms with E-state index in [2.05, 4.69) is 10.2 Å². The first-order valence-corrected chi connectivity index (χ1v) is 8.36. The molecule has 1 fully saturated rings. The van der Waals surface area contributed by atoms with E-state index in [9.17, 15) is 9.59 Å². The molecule has 21 heavy (non-hydrogen) atoms. The number of carbonyl (C=O) groups excluding carboxylic acids is 2. The van der Waals surface area contributed by atoms with Crippen LogP contribution in [0.5, 0.6) is 0 Å². The Bertz CT molecular complexity index is 467. The van der Waals surface area contributed by atoms with Crippen molar-refractivity contribution in [1.29, 1.82) is 0 Å². The van der Waals surface area contributed by atoms with Crippen molar-refractivity contribution in [3.63, 3.8) is 0 Å². The van der Waals surface area contributed by atoms with Crippen molar-refractivity contribution in [2.45, 2.75) is 26.3 Å². The molecule has 0 aromatic carbocycles. The molecule has 5 nitrogen and oxygen atoms in total. The second-order valence-corrected chi connectivity index (χ2v) is 6.22. The van der Waals surface area contributed by atoms with E-state index in [1.54, 1.807) is 0 Å². The van der Waals surface area contributed by atoms with Gasteiger partial charge in [0.25, 0.3) is 5.91 Å². The van der Waals surface area contributed by atoms with E-state index >= 15 is 0 Å². The van der Waals surface area contributed by atoms with Gasteiger partial charge in [0.05, 0.1) is 10.9 Å². The van der Waals surface area contributed by atoms with Crippen molar-refractivity contribution in [1.82, 2.24) is 15.1 Å². The van der Waals surface area contributed by atoms with Gasteiger partial charge in [-0.15, -0.1) is 11.3 Å². The lowest BCUT2D eigenvalue weighted by atomic mass is 10.2. The minimum atomic E-state index is -0.129. The molecule has 2 amide bonds. The van der Waals surface area contributed by atoms with Gasteiger partial charge in [0, 0.05) is 32.7 Å². The van der Waals surface area contributed by atoms with E-state index in [0.29, 0.717) is 13.1 Å². The summed E-state index contributed by atoms with van der Waals surface area (Å²) in [5.41, 5.74) is 0. The van der Waals surface area contributed by atoms with Crippen LogP contribution in [0.1, 0.15) is 29.9 Å². The maximum atomic E-state index is 12.3. The summed E-state index contributed by atoms with van der Waals surface area (Å²) >= 11 is 1.48. The number of hydrogen-bond donors (Lipinski definition) is 1. The minimum absolute atomic E-state index is 0.0786. The molecule has 1 aliphatic heterocycles. The Labute approximate surface area is 129 Å². The fraction of sp³-hybridized carbons (Fsp3) is 0.600. The van der Waals surface area contributed by atoms with Gasteiger partial charge in [-0.2, -0.15) is 0 Å².